The van der Waals surface area contributed by atoms with Crippen molar-refractivity contribution in [1.82, 2.24) is 4.98 Å². The number of fused-ring (bicyclic) bond motifs is 1. The topological polar surface area (TPSA) is 69.7 Å². The van der Waals surface area contributed by atoms with Gasteiger partial charge in [-0.3, -0.25) is 5.11 Å². The number of methoxy groups -OCH3 is 3. The SMILES string of the molecule is COc1cc(Oc2ccc3cccc([O])c3n2)cc(OC)c1OC. The minimum Gasteiger partial charge on any atom is -0.493 e. The maximum absolute atomic E-state index is 11.9. The van der Waals surface area contributed by atoms with E-state index in [0.29, 0.717) is 34.4 Å². The lowest BCUT2D eigenvalue weighted by Crippen LogP contribution is -1.96. The van der Waals surface area contributed by atoms with Crippen molar-refractivity contribution in [3.63, 3.8) is 0 Å². The molecule has 0 aliphatic rings. The summed E-state index contributed by atoms with van der Waals surface area (Å²) in [5.41, 5.74) is 0.363. The molecule has 6 nitrogen and oxygen atoms in total. The van der Waals surface area contributed by atoms with Gasteiger partial charge in [-0.15, -0.1) is 0 Å². The quantitative estimate of drug-likeness (QED) is 0.703. The number of para-hydroxylation sites is 1. The minimum absolute atomic E-state index is 0.150. The van der Waals surface area contributed by atoms with Crippen molar-refractivity contribution in [3.05, 3.63) is 42.5 Å². The summed E-state index contributed by atoms with van der Waals surface area (Å²) < 4.78 is 21.6. The Balaban J connectivity index is 2.00. The molecule has 0 spiro atoms. The van der Waals surface area contributed by atoms with Gasteiger partial charge in [0.15, 0.2) is 11.5 Å². The van der Waals surface area contributed by atoms with E-state index in [2.05, 4.69) is 4.98 Å². The normalized spacial score (nSPS) is 10.5. The predicted octanol–water partition coefficient (Wildman–Crippen LogP) is 4.20. The van der Waals surface area contributed by atoms with Gasteiger partial charge in [0.25, 0.3) is 0 Å². The summed E-state index contributed by atoms with van der Waals surface area (Å²) in [4.78, 5) is 4.28. The Kier molecular flexibility index (Phi) is 4.29. The molecule has 0 bridgehead atoms. The molecule has 3 rings (SSSR count). The molecule has 0 N–H and O–H groups in total. The maximum atomic E-state index is 11.9. The van der Waals surface area contributed by atoms with Crippen molar-refractivity contribution in [3.8, 4) is 34.6 Å². The number of ether oxygens (including phenoxy) is 4. The van der Waals surface area contributed by atoms with Crippen LogP contribution in [0.15, 0.2) is 42.5 Å². The molecule has 0 aliphatic carbocycles. The molecule has 0 saturated carbocycles. The van der Waals surface area contributed by atoms with Crippen molar-refractivity contribution in [2.75, 3.05) is 21.3 Å². The molecule has 1 aromatic heterocycles. The molecular formula is C18H16NO5. The Hall–Kier alpha value is -3.15. The number of benzene rings is 2. The van der Waals surface area contributed by atoms with Crippen LogP contribution in [0.1, 0.15) is 0 Å². The highest BCUT2D eigenvalue weighted by Gasteiger charge is 2.15. The predicted molar refractivity (Wildman–Crippen MR) is 88.0 cm³/mol. The van der Waals surface area contributed by atoms with Crippen molar-refractivity contribution >= 4 is 10.9 Å². The lowest BCUT2D eigenvalue weighted by atomic mass is 10.2. The van der Waals surface area contributed by atoms with Gasteiger partial charge in [0.05, 0.1) is 21.3 Å². The van der Waals surface area contributed by atoms with E-state index >= 15 is 0 Å². The number of hydrogen-bond acceptors (Lipinski definition) is 5. The minimum atomic E-state index is -0.150. The summed E-state index contributed by atoms with van der Waals surface area (Å²) in [7, 11) is 4.58. The first-order chi connectivity index (χ1) is 11.7. The van der Waals surface area contributed by atoms with Gasteiger partial charge in [-0.25, -0.2) is 4.98 Å². The van der Waals surface area contributed by atoms with Crippen LogP contribution in [0.3, 0.4) is 0 Å². The van der Waals surface area contributed by atoms with Crippen molar-refractivity contribution in [2.24, 2.45) is 0 Å². The average Bonchev–Trinajstić information content (AvgIpc) is 2.61. The molecule has 0 unspecified atom stereocenters. The second kappa shape index (κ2) is 6.54. The number of nitrogens with zero attached hydrogens (tertiary/aromatic N) is 1. The van der Waals surface area contributed by atoms with E-state index in [9.17, 15) is 5.11 Å². The average molecular weight is 326 g/mol. The molecule has 3 aromatic rings. The van der Waals surface area contributed by atoms with Gasteiger partial charge in [-0.05, 0) is 12.1 Å². The van der Waals surface area contributed by atoms with Crippen LogP contribution < -0.4 is 18.9 Å². The van der Waals surface area contributed by atoms with Crippen LogP contribution in [-0.4, -0.2) is 26.3 Å². The first-order valence-electron chi connectivity index (χ1n) is 7.21. The molecule has 2 aromatic carbocycles. The van der Waals surface area contributed by atoms with E-state index in [1.54, 1.807) is 30.3 Å². The Labute approximate surface area is 139 Å². The standard InChI is InChI=1S/C18H16NO5/c1-21-14-9-12(10-15(22-2)18(14)23-3)24-16-8-7-11-5-4-6-13(20)17(11)19-16/h4-10H,1-3H3. The van der Waals surface area contributed by atoms with E-state index in [-0.39, 0.29) is 5.75 Å². The van der Waals surface area contributed by atoms with Crippen molar-refractivity contribution in [2.45, 2.75) is 0 Å². The lowest BCUT2D eigenvalue weighted by molar-refractivity contribution is 0.320. The second-order valence-corrected chi connectivity index (χ2v) is 4.94. The first-order valence-corrected chi connectivity index (χ1v) is 7.21. The Bertz CT molecular complexity index is 853. The zero-order valence-electron chi connectivity index (χ0n) is 13.5. The Morgan fingerprint density at radius 2 is 1.58 bits per heavy atom. The monoisotopic (exact) mass is 326 g/mol. The molecule has 0 aliphatic heterocycles. The fourth-order valence-electron chi connectivity index (χ4n) is 2.40. The highest BCUT2D eigenvalue weighted by atomic mass is 16.5. The molecule has 1 radical (unpaired) electrons. The van der Waals surface area contributed by atoms with Gasteiger partial charge < -0.3 is 18.9 Å². The third kappa shape index (κ3) is 2.86. The fourth-order valence-corrected chi connectivity index (χ4v) is 2.40. The summed E-state index contributed by atoms with van der Waals surface area (Å²) in [5.74, 6) is 2.03. The van der Waals surface area contributed by atoms with Gasteiger partial charge >= 0.3 is 0 Å². The van der Waals surface area contributed by atoms with Crippen molar-refractivity contribution < 1.29 is 24.1 Å². The summed E-state index contributed by atoms with van der Waals surface area (Å²) in [6, 6.07) is 11.8. The van der Waals surface area contributed by atoms with Gasteiger partial charge in [0, 0.05) is 23.6 Å². The molecule has 1 heterocycles. The van der Waals surface area contributed by atoms with Crippen LogP contribution in [-0.2, 0) is 5.11 Å². The summed E-state index contributed by atoms with van der Waals surface area (Å²) >= 11 is 0. The molecule has 0 saturated heterocycles. The van der Waals surface area contributed by atoms with Crippen LogP contribution in [0.2, 0.25) is 0 Å². The van der Waals surface area contributed by atoms with E-state index in [1.165, 1.54) is 27.4 Å². The number of rotatable bonds is 5. The summed E-state index contributed by atoms with van der Waals surface area (Å²) in [6.07, 6.45) is 0. The van der Waals surface area contributed by atoms with E-state index < -0.39 is 0 Å². The lowest BCUT2D eigenvalue weighted by Gasteiger charge is -2.14. The zero-order valence-corrected chi connectivity index (χ0v) is 13.5. The third-order valence-corrected chi connectivity index (χ3v) is 3.52. The highest BCUT2D eigenvalue weighted by molar-refractivity contribution is 5.84. The molecule has 6 heteroatoms. The van der Waals surface area contributed by atoms with Crippen LogP contribution in [0, 0.1) is 0 Å². The Morgan fingerprint density at radius 1 is 0.875 bits per heavy atom. The molecule has 123 valence electrons. The molecular weight excluding hydrogens is 310 g/mol. The molecule has 0 fully saturated rings. The molecule has 0 atom stereocenters. The van der Waals surface area contributed by atoms with E-state index in [0.717, 1.165) is 5.39 Å². The second-order valence-electron chi connectivity index (χ2n) is 4.94. The largest absolute Gasteiger partial charge is 0.493 e. The third-order valence-electron chi connectivity index (χ3n) is 3.52. The number of pyridine rings is 1. The number of aromatic nitrogens is 1. The molecule has 24 heavy (non-hydrogen) atoms. The number of hydrogen-bond donors (Lipinski definition) is 0. The van der Waals surface area contributed by atoms with Crippen LogP contribution in [0.25, 0.3) is 10.9 Å². The van der Waals surface area contributed by atoms with Crippen LogP contribution in [0.4, 0.5) is 0 Å². The summed E-state index contributed by atoms with van der Waals surface area (Å²) in [5, 5.41) is 12.7. The first kappa shape index (κ1) is 15.7. The maximum Gasteiger partial charge on any atom is 0.219 e. The van der Waals surface area contributed by atoms with E-state index in [4.69, 9.17) is 18.9 Å². The van der Waals surface area contributed by atoms with Crippen molar-refractivity contribution in [1.29, 1.82) is 0 Å². The van der Waals surface area contributed by atoms with E-state index in [1.807, 2.05) is 6.07 Å². The fraction of sp³-hybridized carbons (Fsp3) is 0.167. The summed E-state index contributed by atoms with van der Waals surface area (Å²) in [6.45, 7) is 0. The van der Waals surface area contributed by atoms with Crippen LogP contribution >= 0.6 is 0 Å². The Morgan fingerprint density at radius 3 is 2.21 bits per heavy atom. The van der Waals surface area contributed by atoms with Gasteiger partial charge in [-0.2, -0.15) is 0 Å². The van der Waals surface area contributed by atoms with Gasteiger partial charge in [-0.1, -0.05) is 12.1 Å². The van der Waals surface area contributed by atoms with Gasteiger partial charge in [0.2, 0.25) is 17.4 Å². The van der Waals surface area contributed by atoms with Crippen LogP contribution in [0.5, 0.6) is 34.6 Å². The molecule has 0 amide bonds. The van der Waals surface area contributed by atoms with Gasteiger partial charge in [0.1, 0.15) is 11.3 Å². The zero-order chi connectivity index (χ0) is 17.1. The highest BCUT2D eigenvalue weighted by Crippen LogP contribution is 2.41. The smallest absolute Gasteiger partial charge is 0.219 e.